The summed E-state index contributed by atoms with van der Waals surface area (Å²) in [5.74, 6) is 1.56. The summed E-state index contributed by atoms with van der Waals surface area (Å²) in [5, 5.41) is 0. The van der Waals surface area contributed by atoms with Crippen molar-refractivity contribution in [1.82, 2.24) is 4.90 Å². The van der Waals surface area contributed by atoms with E-state index in [1.165, 1.54) is 45.1 Å². The first-order valence-electron chi connectivity index (χ1n) is 8.84. The van der Waals surface area contributed by atoms with Crippen LogP contribution in [0.15, 0.2) is 0 Å². The molecule has 0 aromatic heterocycles. The molecule has 0 bridgehead atoms. The van der Waals surface area contributed by atoms with E-state index in [9.17, 15) is 0 Å². The van der Waals surface area contributed by atoms with Gasteiger partial charge in [-0.1, -0.05) is 27.7 Å². The van der Waals surface area contributed by atoms with Crippen LogP contribution >= 0.6 is 0 Å². The van der Waals surface area contributed by atoms with Crippen LogP contribution in [0.1, 0.15) is 73.1 Å². The van der Waals surface area contributed by atoms with Gasteiger partial charge in [-0.15, -0.1) is 0 Å². The quantitative estimate of drug-likeness (QED) is 0.845. The molecule has 20 heavy (non-hydrogen) atoms. The van der Waals surface area contributed by atoms with E-state index < -0.39 is 0 Å². The van der Waals surface area contributed by atoms with Gasteiger partial charge in [0.1, 0.15) is 0 Å². The summed E-state index contributed by atoms with van der Waals surface area (Å²) in [4.78, 5) is 2.77. The Labute approximate surface area is 126 Å². The van der Waals surface area contributed by atoms with Crippen molar-refractivity contribution < 1.29 is 0 Å². The highest BCUT2D eigenvalue weighted by Crippen LogP contribution is 2.41. The van der Waals surface area contributed by atoms with Gasteiger partial charge in [-0.25, -0.2) is 0 Å². The molecular formula is C18H36N2. The molecule has 0 aromatic rings. The molecule has 2 nitrogen and oxygen atoms in total. The number of nitrogens with two attached hydrogens (primary N) is 1. The van der Waals surface area contributed by atoms with Crippen LogP contribution in [0.5, 0.6) is 0 Å². The second-order valence-electron chi connectivity index (χ2n) is 8.49. The van der Waals surface area contributed by atoms with Crippen molar-refractivity contribution in [2.45, 2.75) is 91.3 Å². The van der Waals surface area contributed by atoms with Crippen LogP contribution in [0, 0.1) is 17.3 Å². The standard InChI is InChI=1S/C18H36N2/c1-6-16-9-7-13(2)20(16)12-14-11-15(18(3,4)5)8-10-17(14)19/h13-17H,6-12,19H2,1-5H3. The highest BCUT2D eigenvalue weighted by Gasteiger charge is 2.38. The van der Waals surface area contributed by atoms with E-state index in [-0.39, 0.29) is 0 Å². The van der Waals surface area contributed by atoms with Crippen molar-refractivity contribution in [1.29, 1.82) is 0 Å². The average Bonchev–Trinajstić information content (AvgIpc) is 2.72. The van der Waals surface area contributed by atoms with Gasteiger partial charge in [-0.05, 0) is 62.7 Å². The number of hydrogen-bond donors (Lipinski definition) is 1. The van der Waals surface area contributed by atoms with E-state index in [1.54, 1.807) is 0 Å². The van der Waals surface area contributed by atoms with Crippen LogP contribution in [0.3, 0.4) is 0 Å². The Morgan fingerprint density at radius 1 is 1.10 bits per heavy atom. The minimum Gasteiger partial charge on any atom is -0.327 e. The summed E-state index contributed by atoms with van der Waals surface area (Å²) in [6.07, 6.45) is 7.96. The molecule has 1 saturated carbocycles. The van der Waals surface area contributed by atoms with Gasteiger partial charge in [-0.3, -0.25) is 4.90 Å². The Balaban J connectivity index is 1.99. The Kier molecular flexibility index (Phi) is 5.18. The van der Waals surface area contributed by atoms with Gasteiger partial charge < -0.3 is 5.73 Å². The number of likely N-dealkylation sites (tertiary alicyclic amines) is 1. The van der Waals surface area contributed by atoms with E-state index in [2.05, 4.69) is 39.5 Å². The lowest BCUT2D eigenvalue weighted by molar-refractivity contribution is 0.0826. The lowest BCUT2D eigenvalue weighted by Crippen LogP contribution is -2.47. The van der Waals surface area contributed by atoms with Crippen molar-refractivity contribution in [2.75, 3.05) is 6.54 Å². The molecule has 2 aliphatic rings. The predicted molar refractivity (Wildman–Crippen MR) is 87.7 cm³/mol. The maximum Gasteiger partial charge on any atom is 0.00961 e. The van der Waals surface area contributed by atoms with Crippen molar-refractivity contribution in [2.24, 2.45) is 23.0 Å². The lowest BCUT2D eigenvalue weighted by Gasteiger charge is -2.43. The zero-order valence-corrected chi connectivity index (χ0v) is 14.4. The predicted octanol–water partition coefficient (Wildman–Crippen LogP) is 4.04. The third-order valence-corrected chi connectivity index (χ3v) is 6.14. The molecule has 1 aliphatic carbocycles. The average molecular weight is 280 g/mol. The zero-order chi connectivity index (χ0) is 14.9. The molecule has 2 fully saturated rings. The highest BCUT2D eigenvalue weighted by atomic mass is 15.2. The summed E-state index contributed by atoms with van der Waals surface area (Å²) in [5.41, 5.74) is 6.91. The van der Waals surface area contributed by atoms with E-state index in [0.717, 1.165) is 18.0 Å². The Morgan fingerprint density at radius 2 is 1.80 bits per heavy atom. The van der Waals surface area contributed by atoms with Crippen LogP contribution in [0.4, 0.5) is 0 Å². The molecule has 5 unspecified atom stereocenters. The molecule has 1 aliphatic heterocycles. The maximum absolute atomic E-state index is 6.47. The smallest absolute Gasteiger partial charge is 0.00961 e. The van der Waals surface area contributed by atoms with Crippen molar-refractivity contribution in [3.05, 3.63) is 0 Å². The molecule has 0 spiro atoms. The lowest BCUT2D eigenvalue weighted by atomic mass is 9.67. The second-order valence-corrected chi connectivity index (χ2v) is 8.49. The van der Waals surface area contributed by atoms with Crippen LogP contribution in [0.25, 0.3) is 0 Å². The third-order valence-electron chi connectivity index (χ3n) is 6.14. The summed E-state index contributed by atoms with van der Waals surface area (Å²) >= 11 is 0. The summed E-state index contributed by atoms with van der Waals surface area (Å²) < 4.78 is 0. The fraction of sp³-hybridized carbons (Fsp3) is 1.00. The first-order chi connectivity index (χ1) is 9.32. The van der Waals surface area contributed by atoms with Crippen LogP contribution < -0.4 is 5.73 Å². The number of hydrogen-bond acceptors (Lipinski definition) is 2. The van der Waals surface area contributed by atoms with Gasteiger partial charge in [-0.2, -0.15) is 0 Å². The van der Waals surface area contributed by atoms with Gasteiger partial charge in [0.15, 0.2) is 0 Å². The van der Waals surface area contributed by atoms with E-state index in [0.29, 0.717) is 17.4 Å². The molecular weight excluding hydrogens is 244 g/mol. The van der Waals surface area contributed by atoms with Gasteiger partial charge in [0, 0.05) is 24.7 Å². The normalized spacial score (nSPS) is 40.2. The molecule has 0 amide bonds. The molecule has 5 atom stereocenters. The summed E-state index contributed by atoms with van der Waals surface area (Å²) in [6.45, 7) is 13.2. The Morgan fingerprint density at radius 3 is 2.40 bits per heavy atom. The SMILES string of the molecule is CCC1CCC(C)N1CC1CC(C(C)(C)C)CCC1N. The third kappa shape index (κ3) is 3.57. The topological polar surface area (TPSA) is 29.3 Å². The van der Waals surface area contributed by atoms with Crippen LogP contribution in [-0.2, 0) is 0 Å². The number of rotatable bonds is 3. The van der Waals surface area contributed by atoms with Crippen LogP contribution in [0.2, 0.25) is 0 Å². The molecule has 1 saturated heterocycles. The van der Waals surface area contributed by atoms with E-state index >= 15 is 0 Å². The molecule has 1 heterocycles. The zero-order valence-electron chi connectivity index (χ0n) is 14.4. The first kappa shape index (κ1) is 16.3. The molecule has 0 aromatic carbocycles. The van der Waals surface area contributed by atoms with Gasteiger partial charge in [0.05, 0.1) is 0 Å². The summed E-state index contributed by atoms with van der Waals surface area (Å²) in [6, 6.07) is 2.01. The minimum absolute atomic E-state index is 0.430. The van der Waals surface area contributed by atoms with Crippen molar-refractivity contribution in [3.63, 3.8) is 0 Å². The fourth-order valence-corrected chi connectivity index (χ4v) is 4.45. The van der Waals surface area contributed by atoms with E-state index in [4.69, 9.17) is 5.73 Å². The molecule has 118 valence electrons. The monoisotopic (exact) mass is 280 g/mol. The molecule has 0 radical (unpaired) electrons. The maximum atomic E-state index is 6.47. The minimum atomic E-state index is 0.430. The first-order valence-corrected chi connectivity index (χ1v) is 8.84. The second kappa shape index (κ2) is 6.36. The van der Waals surface area contributed by atoms with Crippen molar-refractivity contribution >= 4 is 0 Å². The molecule has 2 N–H and O–H groups in total. The van der Waals surface area contributed by atoms with Crippen LogP contribution in [-0.4, -0.2) is 29.6 Å². The van der Waals surface area contributed by atoms with Crippen molar-refractivity contribution in [3.8, 4) is 0 Å². The molecule has 2 rings (SSSR count). The largest absolute Gasteiger partial charge is 0.327 e. The Hall–Kier alpha value is -0.0800. The highest BCUT2D eigenvalue weighted by molar-refractivity contribution is 4.92. The summed E-state index contributed by atoms with van der Waals surface area (Å²) in [7, 11) is 0. The molecule has 2 heteroatoms. The van der Waals surface area contributed by atoms with Gasteiger partial charge in [0.2, 0.25) is 0 Å². The van der Waals surface area contributed by atoms with Gasteiger partial charge >= 0.3 is 0 Å². The van der Waals surface area contributed by atoms with Gasteiger partial charge in [0.25, 0.3) is 0 Å². The van der Waals surface area contributed by atoms with E-state index in [1.807, 2.05) is 0 Å². The fourth-order valence-electron chi connectivity index (χ4n) is 4.45. The Bertz CT molecular complexity index is 307. The number of nitrogens with zero attached hydrogens (tertiary/aromatic N) is 1.